The van der Waals surface area contributed by atoms with Gasteiger partial charge in [-0.25, -0.2) is 0 Å². The minimum absolute atomic E-state index is 0.0825. The second-order valence-electron chi connectivity index (χ2n) is 4.75. The first-order valence-corrected chi connectivity index (χ1v) is 7.33. The van der Waals surface area contributed by atoms with Crippen molar-refractivity contribution in [3.05, 3.63) is 83.3 Å². The summed E-state index contributed by atoms with van der Waals surface area (Å²) in [4.78, 5) is 15.1. The van der Waals surface area contributed by atoms with Crippen molar-refractivity contribution in [2.75, 3.05) is 6.54 Å². The van der Waals surface area contributed by atoms with Crippen molar-refractivity contribution in [1.82, 2.24) is 0 Å². The molecule has 1 aromatic carbocycles. The first-order valence-electron chi connectivity index (χ1n) is 7.33. The van der Waals surface area contributed by atoms with Gasteiger partial charge in [0.2, 0.25) is 0 Å². The first kappa shape index (κ1) is 17.5. The van der Waals surface area contributed by atoms with E-state index in [0.717, 1.165) is 18.4 Å². The van der Waals surface area contributed by atoms with E-state index in [9.17, 15) is 4.79 Å². The zero-order valence-corrected chi connectivity index (χ0v) is 12.6. The molecule has 0 spiro atoms. The van der Waals surface area contributed by atoms with Crippen molar-refractivity contribution in [2.24, 2.45) is 5.11 Å². The Morgan fingerprint density at radius 2 is 2.05 bits per heavy atom. The Morgan fingerprint density at radius 1 is 1.27 bits per heavy atom. The maximum absolute atomic E-state index is 12.4. The van der Waals surface area contributed by atoms with Gasteiger partial charge in [0.25, 0.3) is 0 Å². The summed E-state index contributed by atoms with van der Waals surface area (Å²) in [5.41, 5.74) is 9.23. The molecule has 1 atom stereocenters. The summed E-state index contributed by atoms with van der Waals surface area (Å²) >= 11 is 0. The smallest absolute Gasteiger partial charge is 0.162 e. The number of ketones is 1. The Morgan fingerprint density at radius 3 is 2.73 bits per heavy atom. The van der Waals surface area contributed by atoms with E-state index in [1.54, 1.807) is 18.2 Å². The number of rotatable bonds is 10. The fourth-order valence-electron chi connectivity index (χ4n) is 2.11. The highest BCUT2D eigenvalue weighted by molar-refractivity contribution is 5.95. The zero-order chi connectivity index (χ0) is 16.0. The lowest BCUT2D eigenvalue weighted by atomic mass is 9.90. The van der Waals surface area contributed by atoms with E-state index in [4.69, 9.17) is 5.53 Å². The Balaban J connectivity index is 2.71. The molecule has 0 fully saturated rings. The minimum Gasteiger partial charge on any atom is -0.294 e. The van der Waals surface area contributed by atoms with Crippen molar-refractivity contribution in [2.45, 2.75) is 25.2 Å². The zero-order valence-electron chi connectivity index (χ0n) is 12.6. The maximum Gasteiger partial charge on any atom is 0.162 e. The second-order valence-corrected chi connectivity index (χ2v) is 4.75. The standard InChI is InChI=1S/C18H21N3O/c1-2-3-4-8-13-17(16-11-6-5-7-12-16)18(22)14-9-10-15-20-21-19/h2-7,9,11-12,14,17H,1,8,10,13,15H2/b4-3+,14-9+. The highest BCUT2D eigenvalue weighted by Gasteiger charge is 2.17. The lowest BCUT2D eigenvalue weighted by Crippen LogP contribution is -2.10. The Kier molecular flexibility index (Phi) is 8.83. The third-order valence-corrected chi connectivity index (χ3v) is 3.18. The van der Waals surface area contributed by atoms with Crippen LogP contribution in [0.15, 0.2) is 72.4 Å². The van der Waals surface area contributed by atoms with Gasteiger partial charge in [-0.1, -0.05) is 66.3 Å². The SMILES string of the molecule is C=C/C=C/CCC(C(=O)/C=C/CCN=[N+]=[N-])c1ccccc1. The van der Waals surface area contributed by atoms with E-state index in [-0.39, 0.29) is 11.7 Å². The predicted octanol–water partition coefficient (Wildman–Crippen LogP) is 5.12. The van der Waals surface area contributed by atoms with E-state index in [0.29, 0.717) is 13.0 Å². The fraction of sp³-hybridized carbons (Fsp3) is 0.278. The number of carbonyl (C=O) groups is 1. The van der Waals surface area contributed by atoms with Gasteiger partial charge in [0.15, 0.2) is 5.78 Å². The molecule has 1 rings (SSSR count). The van der Waals surface area contributed by atoms with Gasteiger partial charge in [0.05, 0.1) is 0 Å². The van der Waals surface area contributed by atoms with Crippen LogP contribution in [0.3, 0.4) is 0 Å². The molecule has 0 saturated carbocycles. The number of hydrogen-bond acceptors (Lipinski definition) is 2. The predicted molar refractivity (Wildman–Crippen MR) is 90.5 cm³/mol. The van der Waals surface area contributed by atoms with E-state index >= 15 is 0 Å². The molecule has 22 heavy (non-hydrogen) atoms. The highest BCUT2D eigenvalue weighted by Crippen LogP contribution is 2.23. The molecule has 0 aliphatic carbocycles. The summed E-state index contributed by atoms with van der Waals surface area (Å²) in [6.45, 7) is 4.01. The highest BCUT2D eigenvalue weighted by atomic mass is 16.1. The quantitative estimate of drug-likeness (QED) is 0.147. The fourth-order valence-corrected chi connectivity index (χ4v) is 2.11. The summed E-state index contributed by atoms with van der Waals surface area (Å²) in [5.74, 6) is -0.0643. The van der Waals surface area contributed by atoms with Crippen LogP contribution < -0.4 is 0 Å². The molecule has 0 heterocycles. The number of benzene rings is 1. The van der Waals surface area contributed by atoms with Crippen LogP contribution in [0, 0.1) is 0 Å². The van der Waals surface area contributed by atoms with Crippen LogP contribution in [0.1, 0.15) is 30.7 Å². The van der Waals surface area contributed by atoms with Crippen LogP contribution in [0.5, 0.6) is 0 Å². The number of azide groups is 1. The van der Waals surface area contributed by atoms with Gasteiger partial charge >= 0.3 is 0 Å². The van der Waals surface area contributed by atoms with Crippen LogP contribution in [-0.4, -0.2) is 12.3 Å². The molecule has 4 heteroatoms. The Hall–Kier alpha value is -2.58. The monoisotopic (exact) mass is 295 g/mol. The third-order valence-electron chi connectivity index (χ3n) is 3.18. The topological polar surface area (TPSA) is 65.8 Å². The average molecular weight is 295 g/mol. The van der Waals surface area contributed by atoms with Gasteiger partial charge in [0, 0.05) is 17.4 Å². The molecular weight excluding hydrogens is 274 g/mol. The van der Waals surface area contributed by atoms with Crippen LogP contribution in [-0.2, 0) is 4.79 Å². The van der Waals surface area contributed by atoms with Crippen molar-refractivity contribution in [1.29, 1.82) is 0 Å². The van der Waals surface area contributed by atoms with Crippen LogP contribution >= 0.6 is 0 Å². The number of allylic oxidation sites excluding steroid dienone is 4. The molecule has 0 N–H and O–H groups in total. The molecule has 0 bridgehead atoms. The van der Waals surface area contributed by atoms with Gasteiger partial charge in [-0.05, 0) is 36.4 Å². The first-order chi connectivity index (χ1) is 10.8. The lowest BCUT2D eigenvalue weighted by Gasteiger charge is -2.13. The largest absolute Gasteiger partial charge is 0.294 e. The van der Waals surface area contributed by atoms with Crippen molar-refractivity contribution in [3.8, 4) is 0 Å². The van der Waals surface area contributed by atoms with Crippen LogP contribution in [0.2, 0.25) is 0 Å². The van der Waals surface area contributed by atoms with E-state index in [2.05, 4.69) is 16.6 Å². The number of hydrogen-bond donors (Lipinski definition) is 0. The molecule has 0 radical (unpaired) electrons. The molecule has 4 nitrogen and oxygen atoms in total. The van der Waals surface area contributed by atoms with E-state index in [1.165, 1.54) is 0 Å². The molecule has 0 amide bonds. The molecule has 114 valence electrons. The van der Waals surface area contributed by atoms with E-state index < -0.39 is 0 Å². The Labute approximate surface area is 131 Å². The van der Waals surface area contributed by atoms with E-state index in [1.807, 2.05) is 42.5 Å². The molecule has 0 saturated heterocycles. The van der Waals surface area contributed by atoms with Gasteiger partial charge < -0.3 is 0 Å². The Bertz CT molecular complexity index is 569. The average Bonchev–Trinajstić information content (AvgIpc) is 2.55. The molecule has 1 aromatic rings. The number of nitrogens with zero attached hydrogens (tertiary/aromatic N) is 3. The number of carbonyl (C=O) groups excluding carboxylic acids is 1. The van der Waals surface area contributed by atoms with Crippen LogP contribution in [0.4, 0.5) is 0 Å². The second kappa shape index (κ2) is 11.1. The molecule has 0 aliphatic heterocycles. The van der Waals surface area contributed by atoms with Gasteiger partial charge in [-0.3, -0.25) is 4.79 Å². The summed E-state index contributed by atoms with van der Waals surface area (Å²) in [6, 6.07) is 9.79. The van der Waals surface area contributed by atoms with Crippen molar-refractivity contribution < 1.29 is 4.79 Å². The molecule has 0 aromatic heterocycles. The lowest BCUT2D eigenvalue weighted by molar-refractivity contribution is -0.116. The minimum atomic E-state index is -0.147. The summed E-state index contributed by atoms with van der Waals surface area (Å²) in [5, 5.41) is 3.44. The van der Waals surface area contributed by atoms with Crippen LogP contribution in [0.25, 0.3) is 10.4 Å². The molecule has 1 unspecified atom stereocenters. The normalized spacial score (nSPS) is 12.2. The van der Waals surface area contributed by atoms with Crippen molar-refractivity contribution in [3.63, 3.8) is 0 Å². The van der Waals surface area contributed by atoms with Gasteiger partial charge in [0.1, 0.15) is 0 Å². The summed E-state index contributed by atoms with van der Waals surface area (Å²) < 4.78 is 0. The summed E-state index contributed by atoms with van der Waals surface area (Å²) in [7, 11) is 0. The molecule has 0 aliphatic rings. The van der Waals surface area contributed by atoms with Gasteiger partial charge in [-0.2, -0.15) is 0 Å². The van der Waals surface area contributed by atoms with Gasteiger partial charge in [-0.15, -0.1) is 0 Å². The van der Waals surface area contributed by atoms with Crippen molar-refractivity contribution >= 4 is 5.78 Å². The third kappa shape index (κ3) is 6.73. The molecular formula is C18H21N3O. The maximum atomic E-state index is 12.4. The summed E-state index contributed by atoms with van der Waals surface area (Å²) in [6.07, 6.45) is 11.2.